The lowest BCUT2D eigenvalue weighted by Gasteiger charge is -2.30. The van der Waals surface area contributed by atoms with Gasteiger partial charge in [0.25, 0.3) is 0 Å². The zero-order valence-corrected chi connectivity index (χ0v) is 14.6. The fourth-order valence-electron chi connectivity index (χ4n) is 2.28. The monoisotopic (exact) mass is 380 g/mol. The van der Waals surface area contributed by atoms with Gasteiger partial charge < -0.3 is 15.0 Å². The Hall–Kier alpha value is -1.91. The lowest BCUT2D eigenvalue weighted by molar-refractivity contribution is -0.162. The molecular weight excluding hydrogens is 361 g/mol. The molecule has 0 aliphatic carbocycles. The number of hydrogen-bond donors (Lipinski definition) is 1. The Morgan fingerprint density at radius 3 is 2.48 bits per heavy atom. The first-order valence-electron chi connectivity index (χ1n) is 7.78. The van der Waals surface area contributed by atoms with E-state index in [4.69, 9.17) is 0 Å². The summed E-state index contributed by atoms with van der Waals surface area (Å²) in [5.74, 6) is -0.345. The molecule has 140 valence electrons. The van der Waals surface area contributed by atoms with Crippen molar-refractivity contribution in [3.63, 3.8) is 0 Å². The minimum absolute atomic E-state index is 0.169. The van der Waals surface area contributed by atoms with Crippen LogP contribution in [0.15, 0.2) is 0 Å². The number of hydrogen-bond acceptors (Lipinski definition) is 6. The molecule has 0 aromatic carbocycles. The van der Waals surface area contributed by atoms with Crippen LogP contribution in [-0.2, 0) is 9.53 Å². The summed E-state index contributed by atoms with van der Waals surface area (Å²) in [5, 5.41) is 11.8. The number of amides is 2. The highest BCUT2D eigenvalue weighted by Crippen LogP contribution is 2.25. The molecule has 25 heavy (non-hydrogen) atoms. The van der Waals surface area contributed by atoms with Crippen LogP contribution in [0.2, 0.25) is 0 Å². The summed E-state index contributed by atoms with van der Waals surface area (Å²) in [4.78, 5) is 25.0. The molecule has 0 spiro atoms. The molecule has 2 rings (SSSR count). The van der Waals surface area contributed by atoms with E-state index in [1.807, 2.05) is 13.8 Å². The van der Waals surface area contributed by atoms with E-state index in [1.165, 1.54) is 16.2 Å². The predicted octanol–water partition coefficient (Wildman–Crippen LogP) is 3.01. The molecule has 0 atom stereocenters. The quantitative estimate of drug-likeness (QED) is 0.868. The first-order chi connectivity index (χ1) is 11.7. The molecule has 1 N–H and O–H groups in total. The van der Waals surface area contributed by atoms with Gasteiger partial charge in [0, 0.05) is 24.9 Å². The average Bonchev–Trinajstić information content (AvgIpc) is 3.01. The highest BCUT2D eigenvalue weighted by molar-refractivity contribution is 7.15. The lowest BCUT2D eigenvalue weighted by atomic mass is 9.96. The molecule has 1 aliphatic rings. The molecule has 0 unspecified atom stereocenters. The van der Waals surface area contributed by atoms with E-state index >= 15 is 0 Å². The smallest absolute Gasteiger partial charge is 0.422 e. The molecule has 1 aromatic rings. The fourth-order valence-corrected chi connectivity index (χ4v) is 3.03. The van der Waals surface area contributed by atoms with Gasteiger partial charge in [0.2, 0.25) is 11.0 Å². The number of nitrogens with zero attached hydrogens (tertiary/aromatic N) is 3. The van der Waals surface area contributed by atoms with Crippen molar-refractivity contribution in [2.24, 2.45) is 5.92 Å². The molecule has 7 nitrogen and oxygen atoms in total. The van der Waals surface area contributed by atoms with Crippen LogP contribution in [-0.4, -0.2) is 53.0 Å². The highest BCUT2D eigenvalue weighted by atomic mass is 32.1. The second kappa shape index (κ2) is 7.98. The van der Waals surface area contributed by atoms with Crippen molar-refractivity contribution in [3.8, 4) is 0 Å². The second-order valence-corrected chi connectivity index (χ2v) is 7.03. The number of piperidine rings is 1. The van der Waals surface area contributed by atoms with Crippen molar-refractivity contribution in [1.82, 2.24) is 15.1 Å². The van der Waals surface area contributed by atoms with E-state index in [2.05, 4.69) is 20.3 Å². The number of carbonyl (C=O) groups is 2. The van der Waals surface area contributed by atoms with Crippen molar-refractivity contribution in [3.05, 3.63) is 5.01 Å². The number of nitrogens with one attached hydrogen (secondary N) is 1. The van der Waals surface area contributed by atoms with Gasteiger partial charge >= 0.3 is 12.3 Å². The number of likely N-dealkylation sites (tertiary alicyclic amines) is 1. The van der Waals surface area contributed by atoms with E-state index in [0.29, 0.717) is 18.0 Å². The maximum absolute atomic E-state index is 12.2. The molecule has 1 saturated heterocycles. The molecule has 1 aromatic heterocycles. The summed E-state index contributed by atoms with van der Waals surface area (Å²) in [6.45, 7) is 2.67. The maximum Gasteiger partial charge on any atom is 0.422 e. The van der Waals surface area contributed by atoms with Gasteiger partial charge in [0.05, 0.1) is 0 Å². The molecule has 0 bridgehead atoms. The van der Waals surface area contributed by atoms with Crippen molar-refractivity contribution < 1.29 is 27.5 Å². The van der Waals surface area contributed by atoms with Crippen LogP contribution in [0.1, 0.15) is 37.6 Å². The van der Waals surface area contributed by atoms with E-state index in [1.54, 1.807) is 0 Å². The number of rotatable bonds is 4. The highest BCUT2D eigenvalue weighted by Gasteiger charge is 2.33. The molecule has 2 amide bonds. The number of aromatic nitrogens is 2. The maximum atomic E-state index is 12.2. The van der Waals surface area contributed by atoms with Gasteiger partial charge in [0.15, 0.2) is 6.61 Å². The van der Waals surface area contributed by atoms with Crippen LogP contribution in [0.5, 0.6) is 0 Å². The van der Waals surface area contributed by atoms with E-state index in [-0.39, 0.29) is 30.8 Å². The molecule has 1 fully saturated rings. The minimum Gasteiger partial charge on any atom is -0.440 e. The average molecular weight is 380 g/mol. The minimum atomic E-state index is -4.55. The molecule has 0 saturated carbocycles. The summed E-state index contributed by atoms with van der Waals surface area (Å²) in [6, 6.07) is 0. The van der Waals surface area contributed by atoms with Crippen molar-refractivity contribution in [1.29, 1.82) is 0 Å². The van der Waals surface area contributed by atoms with Gasteiger partial charge in [0.1, 0.15) is 5.01 Å². The van der Waals surface area contributed by atoms with Gasteiger partial charge in [-0.25, -0.2) is 4.79 Å². The Bertz CT molecular complexity index is 613. The van der Waals surface area contributed by atoms with Crippen LogP contribution in [0.25, 0.3) is 0 Å². The number of alkyl halides is 3. The molecule has 2 heterocycles. The number of carbonyl (C=O) groups excluding carboxylic acids is 2. The Labute approximate surface area is 146 Å². The number of halogens is 3. The molecule has 1 aliphatic heterocycles. The third kappa shape index (κ3) is 5.83. The van der Waals surface area contributed by atoms with Crippen LogP contribution in [0, 0.1) is 5.92 Å². The molecule has 0 radical (unpaired) electrons. The number of ether oxygens (including phenoxy) is 1. The van der Waals surface area contributed by atoms with Gasteiger partial charge in [-0.2, -0.15) is 13.2 Å². The summed E-state index contributed by atoms with van der Waals surface area (Å²) < 4.78 is 40.4. The van der Waals surface area contributed by atoms with Gasteiger partial charge in [-0.1, -0.05) is 25.2 Å². The largest absolute Gasteiger partial charge is 0.440 e. The standard InChI is InChI=1S/C14H19F3N4O3S/c1-8(2)11-19-20-12(25-11)18-10(22)9-3-5-21(6-4-9)13(23)24-7-14(15,16)17/h8-9H,3-7H2,1-2H3,(H,18,20,22). The summed E-state index contributed by atoms with van der Waals surface area (Å²) in [5.41, 5.74) is 0. The first kappa shape index (κ1) is 19.4. The first-order valence-corrected chi connectivity index (χ1v) is 8.60. The van der Waals surface area contributed by atoms with Crippen molar-refractivity contribution in [2.45, 2.75) is 38.8 Å². The summed E-state index contributed by atoms with van der Waals surface area (Å²) in [6.07, 6.45) is -4.86. The van der Waals surface area contributed by atoms with E-state index in [9.17, 15) is 22.8 Å². The normalized spacial score (nSPS) is 16.2. The Kier molecular flexibility index (Phi) is 6.20. The Balaban J connectivity index is 1.78. The Morgan fingerprint density at radius 2 is 1.96 bits per heavy atom. The zero-order chi connectivity index (χ0) is 18.6. The summed E-state index contributed by atoms with van der Waals surface area (Å²) >= 11 is 1.30. The number of anilines is 1. The van der Waals surface area contributed by atoms with Crippen LogP contribution in [0.4, 0.5) is 23.1 Å². The predicted molar refractivity (Wildman–Crippen MR) is 84.3 cm³/mol. The Morgan fingerprint density at radius 1 is 1.32 bits per heavy atom. The molecular formula is C14H19F3N4O3S. The fraction of sp³-hybridized carbons (Fsp3) is 0.714. The van der Waals surface area contributed by atoms with Crippen LogP contribution >= 0.6 is 11.3 Å². The van der Waals surface area contributed by atoms with E-state index < -0.39 is 18.9 Å². The SMILES string of the molecule is CC(C)c1nnc(NC(=O)C2CCN(C(=O)OCC(F)(F)F)CC2)s1. The topological polar surface area (TPSA) is 84.4 Å². The second-order valence-electron chi connectivity index (χ2n) is 6.02. The lowest BCUT2D eigenvalue weighted by Crippen LogP contribution is -2.42. The van der Waals surface area contributed by atoms with Crippen molar-refractivity contribution >= 4 is 28.5 Å². The molecule has 11 heteroatoms. The van der Waals surface area contributed by atoms with Gasteiger partial charge in [-0.05, 0) is 12.8 Å². The zero-order valence-electron chi connectivity index (χ0n) is 13.8. The van der Waals surface area contributed by atoms with Gasteiger partial charge in [-0.15, -0.1) is 10.2 Å². The van der Waals surface area contributed by atoms with Crippen LogP contribution in [0.3, 0.4) is 0 Å². The van der Waals surface area contributed by atoms with Crippen LogP contribution < -0.4 is 5.32 Å². The third-order valence-corrected chi connectivity index (χ3v) is 4.79. The van der Waals surface area contributed by atoms with Gasteiger partial charge in [-0.3, -0.25) is 4.79 Å². The van der Waals surface area contributed by atoms with Crippen molar-refractivity contribution in [2.75, 3.05) is 25.0 Å². The summed E-state index contributed by atoms with van der Waals surface area (Å²) in [7, 11) is 0. The third-order valence-electron chi connectivity index (χ3n) is 3.65. The van der Waals surface area contributed by atoms with E-state index in [0.717, 1.165) is 5.01 Å².